The van der Waals surface area contributed by atoms with Crippen molar-refractivity contribution in [1.29, 1.82) is 0 Å². The molecule has 3 N–H and O–H groups in total. The van der Waals surface area contributed by atoms with Crippen molar-refractivity contribution in [1.82, 2.24) is 4.98 Å². The number of nitrogens with one attached hydrogen (secondary N) is 1. The van der Waals surface area contributed by atoms with Crippen LogP contribution in [0.15, 0.2) is 12.3 Å². The molecule has 0 fully saturated rings. The molecule has 0 saturated carbocycles. The molecule has 1 rings (SSSR count). The van der Waals surface area contributed by atoms with Gasteiger partial charge in [-0.05, 0) is 25.0 Å². The van der Waals surface area contributed by atoms with Gasteiger partial charge in [-0.3, -0.25) is 4.79 Å². The molecule has 1 amide bonds. The third-order valence-corrected chi connectivity index (χ3v) is 2.00. The van der Waals surface area contributed by atoms with E-state index in [-0.39, 0.29) is 12.5 Å². The van der Waals surface area contributed by atoms with Gasteiger partial charge in [-0.25, -0.2) is 4.98 Å². The number of hydrogen-bond donors (Lipinski definition) is 2. The molecule has 1 heterocycles. The zero-order valence-electron chi connectivity index (χ0n) is 9.62. The summed E-state index contributed by atoms with van der Waals surface area (Å²) in [7, 11) is 0. The largest absolute Gasteiger partial charge is 0.397 e. The summed E-state index contributed by atoms with van der Waals surface area (Å²) in [6.07, 6.45) is 2.42. The summed E-state index contributed by atoms with van der Waals surface area (Å²) in [6, 6.07) is 1.73. The Labute approximate surface area is 95.0 Å². The van der Waals surface area contributed by atoms with Gasteiger partial charge in [0.25, 0.3) is 5.91 Å². The molecule has 5 nitrogen and oxygen atoms in total. The van der Waals surface area contributed by atoms with Crippen LogP contribution in [0.25, 0.3) is 0 Å². The second-order valence-corrected chi connectivity index (χ2v) is 3.53. The molecule has 0 aliphatic heterocycles. The number of aromatic nitrogens is 1. The Bertz CT molecular complexity index is 366. The second-order valence-electron chi connectivity index (χ2n) is 3.53. The van der Waals surface area contributed by atoms with Crippen LogP contribution in [0.3, 0.4) is 0 Å². The normalized spacial score (nSPS) is 10.1. The van der Waals surface area contributed by atoms with Gasteiger partial charge in [0.2, 0.25) is 0 Å². The molecule has 0 atom stereocenters. The molecule has 0 aromatic carbocycles. The quantitative estimate of drug-likeness (QED) is 0.738. The molecule has 0 spiro atoms. The third-order valence-electron chi connectivity index (χ3n) is 2.00. The highest BCUT2D eigenvalue weighted by atomic mass is 16.5. The number of nitrogens with zero attached hydrogens (tertiary/aromatic N) is 1. The van der Waals surface area contributed by atoms with Crippen LogP contribution in [0.4, 0.5) is 11.5 Å². The summed E-state index contributed by atoms with van der Waals surface area (Å²) in [4.78, 5) is 15.4. The average molecular weight is 223 g/mol. The van der Waals surface area contributed by atoms with E-state index in [1.54, 1.807) is 6.07 Å². The first kappa shape index (κ1) is 12.4. The Morgan fingerprint density at radius 2 is 2.38 bits per heavy atom. The second kappa shape index (κ2) is 6.07. The fourth-order valence-electron chi connectivity index (χ4n) is 1.12. The molecule has 1 aromatic heterocycles. The van der Waals surface area contributed by atoms with E-state index >= 15 is 0 Å². The van der Waals surface area contributed by atoms with Crippen LogP contribution in [0, 0.1) is 6.92 Å². The summed E-state index contributed by atoms with van der Waals surface area (Å²) in [5, 5.41) is 2.64. The highest BCUT2D eigenvalue weighted by molar-refractivity contribution is 5.90. The van der Waals surface area contributed by atoms with Crippen molar-refractivity contribution in [2.75, 3.05) is 24.3 Å². The zero-order chi connectivity index (χ0) is 12.0. The maximum absolute atomic E-state index is 11.4. The van der Waals surface area contributed by atoms with Crippen LogP contribution < -0.4 is 11.1 Å². The summed E-state index contributed by atoms with van der Waals surface area (Å²) < 4.78 is 5.11. The van der Waals surface area contributed by atoms with E-state index in [0.29, 0.717) is 18.1 Å². The Kier molecular flexibility index (Phi) is 4.72. The number of nitrogen functional groups attached to an aromatic ring is 1. The fourth-order valence-corrected chi connectivity index (χ4v) is 1.12. The van der Waals surface area contributed by atoms with Crippen molar-refractivity contribution in [2.45, 2.75) is 20.3 Å². The number of aryl methyl sites for hydroxylation is 1. The fraction of sp³-hybridized carbons (Fsp3) is 0.455. The van der Waals surface area contributed by atoms with Crippen LogP contribution in [-0.2, 0) is 9.53 Å². The lowest BCUT2D eigenvalue weighted by Gasteiger charge is -2.06. The maximum atomic E-state index is 11.4. The van der Waals surface area contributed by atoms with Gasteiger partial charge in [0, 0.05) is 6.61 Å². The van der Waals surface area contributed by atoms with E-state index in [0.717, 1.165) is 12.0 Å². The van der Waals surface area contributed by atoms with E-state index in [9.17, 15) is 4.79 Å². The number of rotatable bonds is 5. The molecular formula is C11H17N3O2. The van der Waals surface area contributed by atoms with Crippen LogP contribution >= 0.6 is 0 Å². The van der Waals surface area contributed by atoms with Gasteiger partial charge in [-0.15, -0.1) is 0 Å². The van der Waals surface area contributed by atoms with Gasteiger partial charge in [-0.1, -0.05) is 6.92 Å². The number of ether oxygens (including phenoxy) is 1. The molecule has 0 aliphatic carbocycles. The number of carbonyl (C=O) groups is 1. The van der Waals surface area contributed by atoms with Crippen LogP contribution in [0.2, 0.25) is 0 Å². The van der Waals surface area contributed by atoms with Crippen LogP contribution in [0.1, 0.15) is 18.9 Å². The molecule has 0 radical (unpaired) electrons. The van der Waals surface area contributed by atoms with E-state index < -0.39 is 0 Å². The van der Waals surface area contributed by atoms with Crippen molar-refractivity contribution in [3.05, 3.63) is 17.8 Å². The van der Waals surface area contributed by atoms with Gasteiger partial charge < -0.3 is 15.8 Å². The summed E-state index contributed by atoms with van der Waals surface area (Å²) >= 11 is 0. The van der Waals surface area contributed by atoms with Gasteiger partial charge >= 0.3 is 0 Å². The number of amides is 1. The lowest BCUT2D eigenvalue weighted by atomic mass is 10.2. The molecular weight excluding hydrogens is 206 g/mol. The Balaban J connectivity index is 2.46. The molecule has 0 aliphatic rings. The monoisotopic (exact) mass is 223 g/mol. The average Bonchev–Trinajstić information content (AvgIpc) is 2.24. The van der Waals surface area contributed by atoms with Crippen molar-refractivity contribution >= 4 is 17.4 Å². The third kappa shape index (κ3) is 3.86. The van der Waals surface area contributed by atoms with E-state index in [4.69, 9.17) is 10.5 Å². The van der Waals surface area contributed by atoms with Crippen molar-refractivity contribution in [2.24, 2.45) is 0 Å². The molecule has 0 bridgehead atoms. The van der Waals surface area contributed by atoms with Gasteiger partial charge in [0.1, 0.15) is 12.4 Å². The smallest absolute Gasteiger partial charge is 0.251 e. The standard InChI is InChI=1S/C11H17N3O2/c1-3-4-16-7-11(15)14-10-5-8(2)9(12)6-13-10/h5-6H,3-4,7,12H2,1-2H3,(H,13,14,15). The first-order valence-corrected chi connectivity index (χ1v) is 5.23. The lowest BCUT2D eigenvalue weighted by Crippen LogP contribution is -2.19. The van der Waals surface area contributed by atoms with Gasteiger partial charge in [0.05, 0.1) is 11.9 Å². The van der Waals surface area contributed by atoms with Crippen LogP contribution in [0.5, 0.6) is 0 Å². The summed E-state index contributed by atoms with van der Waals surface area (Å²) in [5.74, 6) is 0.293. The highest BCUT2D eigenvalue weighted by Crippen LogP contribution is 2.12. The minimum Gasteiger partial charge on any atom is -0.397 e. The highest BCUT2D eigenvalue weighted by Gasteiger charge is 2.04. The Hall–Kier alpha value is -1.62. The first-order valence-electron chi connectivity index (χ1n) is 5.23. The van der Waals surface area contributed by atoms with Crippen molar-refractivity contribution in [3.63, 3.8) is 0 Å². The Morgan fingerprint density at radius 1 is 1.62 bits per heavy atom. The zero-order valence-corrected chi connectivity index (χ0v) is 9.62. The number of carbonyl (C=O) groups excluding carboxylic acids is 1. The molecule has 5 heteroatoms. The number of pyridine rings is 1. The minimum atomic E-state index is -0.204. The molecule has 88 valence electrons. The van der Waals surface area contributed by atoms with Crippen LogP contribution in [-0.4, -0.2) is 24.1 Å². The number of anilines is 2. The lowest BCUT2D eigenvalue weighted by molar-refractivity contribution is -0.120. The molecule has 0 saturated heterocycles. The minimum absolute atomic E-state index is 0.0545. The Morgan fingerprint density at radius 3 is 3.00 bits per heavy atom. The molecule has 0 unspecified atom stereocenters. The topological polar surface area (TPSA) is 77.2 Å². The van der Waals surface area contributed by atoms with E-state index in [1.807, 2.05) is 13.8 Å². The molecule has 16 heavy (non-hydrogen) atoms. The molecule has 1 aromatic rings. The number of nitrogens with two attached hydrogens (primary N) is 1. The van der Waals surface area contributed by atoms with Gasteiger partial charge in [-0.2, -0.15) is 0 Å². The SMILES string of the molecule is CCCOCC(=O)Nc1cc(C)c(N)cn1. The first-order chi connectivity index (χ1) is 7.63. The summed E-state index contributed by atoms with van der Waals surface area (Å²) in [6.45, 7) is 4.49. The van der Waals surface area contributed by atoms with Crippen molar-refractivity contribution in [3.8, 4) is 0 Å². The number of hydrogen-bond acceptors (Lipinski definition) is 4. The van der Waals surface area contributed by atoms with E-state index in [2.05, 4.69) is 10.3 Å². The van der Waals surface area contributed by atoms with Crippen molar-refractivity contribution < 1.29 is 9.53 Å². The predicted octanol–water partition coefficient (Wildman–Crippen LogP) is 1.34. The van der Waals surface area contributed by atoms with E-state index in [1.165, 1.54) is 6.20 Å². The maximum Gasteiger partial charge on any atom is 0.251 e. The predicted molar refractivity (Wildman–Crippen MR) is 63.1 cm³/mol. The summed E-state index contributed by atoms with van der Waals surface area (Å²) in [5.41, 5.74) is 7.12. The van der Waals surface area contributed by atoms with Gasteiger partial charge in [0.15, 0.2) is 0 Å².